The van der Waals surface area contributed by atoms with Crippen molar-refractivity contribution >= 4 is 11.1 Å². The van der Waals surface area contributed by atoms with E-state index in [9.17, 15) is 8.78 Å². The summed E-state index contributed by atoms with van der Waals surface area (Å²) in [7, 11) is 0. The van der Waals surface area contributed by atoms with Crippen LogP contribution in [0.2, 0.25) is 0 Å². The summed E-state index contributed by atoms with van der Waals surface area (Å²) in [6, 6.07) is 0.849. The molecule has 1 heterocycles. The SMILES string of the molecule is Cc1nc2c(C(C)C)c(F)cc(F)c2o1. The summed E-state index contributed by atoms with van der Waals surface area (Å²) in [6.45, 7) is 5.28. The first-order chi connectivity index (χ1) is 7.00. The minimum Gasteiger partial charge on any atom is -0.438 e. The molecule has 2 nitrogen and oxygen atoms in total. The summed E-state index contributed by atoms with van der Waals surface area (Å²) in [5.41, 5.74) is 0.737. The first-order valence-corrected chi connectivity index (χ1v) is 4.75. The fourth-order valence-corrected chi connectivity index (χ4v) is 1.69. The third-order valence-electron chi connectivity index (χ3n) is 2.29. The maximum Gasteiger partial charge on any atom is 0.192 e. The number of rotatable bonds is 1. The monoisotopic (exact) mass is 211 g/mol. The van der Waals surface area contributed by atoms with E-state index in [0.29, 0.717) is 17.0 Å². The molecule has 0 atom stereocenters. The highest BCUT2D eigenvalue weighted by Crippen LogP contribution is 2.30. The lowest BCUT2D eigenvalue weighted by Crippen LogP contribution is -1.96. The molecular weight excluding hydrogens is 200 g/mol. The summed E-state index contributed by atoms with van der Waals surface area (Å²) in [5.74, 6) is -0.982. The first-order valence-electron chi connectivity index (χ1n) is 4.75. The van der Waals surface area contributed by atoms with E-state index < -0.39 is 11.6 Å². The number of hydrogen-bond acceptors (Lipinski definition) is 2. The Morgan fingerprint density at radius 3 is 2.53 bits per heavy atom. The third-order valence-corrected chi connectivity index (χ3v) is 2.29. The number of oxazole rings is 1. The molecule has 0 bridgehead atoms. The van der Waals surface area contributed by atoms with Crippen LogP contribution in [0.25, 0.3) is 11.1 Å². The zero-order valence-electron chi connectivity index (χ0n) is 8.77. The van der Waals surface area contributed by atoms with Gasteiger partial charge in [0.05, 0.1) is 0 Å². The van der Waals surface area contributed by atoms with E-state index >= 15 is 0 Å². The molecular formula is C11H11F2NO. The van der Waals surface area contributed by atoms with Crippen molar-refractivity contribution in [3.63, 3.8) is 0 Å². The Bertz CT molecular complexity index is 517. The molecule has 0 aliphatic rings. The standard InChI is InChI=1S/C11H11F2NO/c1-5(2)9-7(12)4-8(13)11-10(9)14-6(3)15-11/h4-5H,1-3H3. The molecule has 0 radical (unpaired) electrons. The highest BCUT2D eigenvalue weighted by atomic mass is 19.1. The molecule has 1 aromatic heterocycles. The van der Waals surface area contributed by atoms with Gasteiger partial charge in [-0.25, -0.2) is 13.8 Å². The van der Waals surface area contributed by atoms with Gasteiger partial charge in [-0.15, -0.1) is 0 Å². The fourth-order valence-electron chi connectivity index (χ4n) is 1.69. The van der Waals surface area contributed by atoms with Gasteiger partial charge < -0.3 is 4.42 Å². The smallest absolute Gasteiger partial charge is 0.192 e. The molecule has 0 fully saturated rings. The van der Waals surface area contributed by atoms with E-state index in [4.69, 9.17) is 4.42 Å². The quantitative estimate of drug-likeness (QED) is 0.721. The molecule has 2 aromatic rings. The fraction of sp³-hybridized carbons (Fsp3) is 0.364. The summed E-state index contributed by atoms with van der Waals surface area (Å²) in [5, 5.41) is 0. The zero-order chi connectivity index (χ0) is 11.2. The van der Waals surface area contributed by atoms with Crippen molar-refractivity contribution in [3.05, 3.63) is 29.2 Å². The molecule has 1 aromatic carbocycles. The molecule has 0 N–H and O–H groups in total. The molecule has 0 unspecified atom stereocenters. The number of nitrogens with zero attached hydrogens (tertiary/aromatic N) is 1. The Balaban J connectivity index is 2.89. The van der Waals surface area contributed by atoms with Gasteiger partial charge in [0.1, 0.15) is 11.3 Å². The maximum absolute atomic E-state index is 13.5. The number of benzene rings is 1. The van der Waals surface area contributed by atoms with E-state index in [1.807, 2.05) is 13.8 Å². The molecule has 80 valence electrons. The van der Waals surface area contributed by atoms with Gasteiger partial charge in [0.15, 0.2) is 17.3 Å². The summed E-state index contributed by atoms with van der Waals surface area (Å²) < 4.78 is 31.9. The Labute approximate surface area is 85.9 Å². The normalized spacial score (nSPS) is 11.6. The minimum absolute atomic E-state index is 0.0394. The Hall–Kier alpha value is -1.45. The van der Waals surface area contributed by atoms with Crippen LogP contribution >= 0.6 is 0 Å². The summed E-state index contributed by atoms with van der Waals surface area (Å²) in [4.78, 5) is 4.01. The van der Waals surface area contributed by atoms with E-state index in [-0.39, 0.29) is 11.5 Å². The van der Waals surface area contributed by atoms with Crippen LogP contribution < -0.4 is 0 Å². The third kappa shape index (κ3) is 1.50. The average Bonchev–Trinajstić information content (AvgIpc) is 2.45. The van der Waals surface area contributed by atoms with Crippen molar-refractivity contribution in [3.8, 4) is 0 Å². The van der Waals surface area contributed by atoms with Gasteiger partial charge in [-0.1, -0.05) is 13.8 Å². The van der Waals surface area contributed by atoms with Gasteiger partial charge in [-0.3, -0.25) is 0 Å². The number of aryl methyl sites for hydroxylation is 1. The second-order valence-electron chi connectivity index (χ2n) is 3.82. The van der Waals surface area contributed by atoms with Gasteiger partial charge >= 0.3 is 0 Å². The van der Waals surface area contributed by atoms with Crippen molar-refractivity contribution in [2.45, 2.75) is 26.7 Å². The minimum atomic E-state index is -0.701. The van der Waals surface area contributed by atoms with Crippen molar-refractivity contribution in [2.75, 3.05) is 0 Å². The molecule has 15 heavy (non-hydrogen) atoms. The van der Waals surface area contributed by atoms with Gasteiger partial charge in [0.25, 0.3) is 0 Å². The molecule has 0 amide bonds. The highest BCUT2D eigenvalue weighted by Gasteiger charge is 2.19. The van der Waals surface area contributed by atoms with Crippen molar-refractivity contribution in [1.82, 2.24) is 4.98 Å². The second kappa shape index (κ2) is 3.29. The van der Waals surface area contributed by atoms with Crippen LogP contribution in [0.5, 0.6) is 0 Å². The van der Waals surface area contributed by atoms with Crippen LogP contribution in [-0.4, -0.2) is 4.98 Å². The lowest BCUT2D eigenvalue weighted by molar-refractivity contribution is 0.519. The van der Waals surface area contributed by atoms with Crippen LogP contribution in [0.1, 0.15) is 31.2 Å². The van der Waals surface area contributed by atoms with E-state index in [0.717, 1.165) is 6.07 Å². The lowest BCUT2D eigenvalue weighted by Gasteiger charge is -2.07. The van der Waals surface area contributed by atoms with E-state index in [1.54, 1.807) is 6.92 Å². The van der Waals surface area contributed by atoms with Crippen molar-refractivity contribution in [2.24, 2.45) is 0 Å². The summed E-state index contributed by atoms with van der Waals surface area (Å²) >= 11 is 0. The number of hydrogen-bond donors (Lipinski definition) is 0. The number of fused-ring (bicyclic) bond motifs is 1. The predicted molar refractivity (Wildman–Crippen MR) is 52.8 cm³/mol. The van der Waals surface area contributed by atoms with E-state index in [2.05, 4.69) is 4.98 Å². The second-order valence-corrected chi connectivity index (χ2v) is 3.82. The zero-order valence-corrected chi connectivity index (χ0v) is 8.77. The van der Waals surface area contributed by atoms with E-state index in [1.165, 1.54) is 0 Å². The van der Waals surface area contributed by atoms with Gasteiger partial charge in [0, 0.05) is 18.6 Å². The topological polar surface area (TPSA) is 26.0 Å². The predicted octanol–water partition coefficient (Wildman–Crippen LogP) is 3.54. The van der Waals surface area contributed by atoms with Crippen LogP contribution in [0, 0.1) is 18.6 Å². The van der Waals surface area contributed by atoms with Crippen LogP contribution in [-0.2, 0) is 0 Å². The van der Waals surface area contributed by atoms with Gasteiger partial charge in [-0.2, -0.15) is 0 Å². The first kappa shape index (κ1) is 10.1. The molecule has 2 rings (SSSR count). The van der Waals surface area contributed by atoms with Gasteiger partial charge in [0.2, 0.25) is 0 Å². The Kier molecular flexibility index (Phi) is 2.21. The number of aromatic nitrogens is 1. The van der Waals surface area contributed by atoms with Crippen LogP contribution in [0.3, 0.4) is 0 Å². The number of halogens is 2. The Morgan fingerprint density at radius 2 is 1.93 bits per heavy atom. The average molecular weight is 211 g/mol. The molecule has 0 spiro atoms. The Morgan fingerprint density at radius 1 is 1.27 bits per heavy atom. The lowest BCUT2D eigenvalue weighted by atomic mass is 10.0. The van der Waals surface area contributed by atoms with Gasteiger partial charge in [-0.05, 0) is 5.92 Å². The maximum atomic E-state index is 13.5. The largest absolute Gasteiger partial charge is 0.438 e. The van der Waals surface area contributed by atoms with Crippen LogP contribution in [0.15, 0.2) is 10.5 Å². The highest BCUT2D eigenvalue weighted by molar-refractivity contribution is 5.78. The molecule has 0 aliphatic heterocycles. The molecule has 4 heteroatoms. The van der Waals surface area contributed by atoms with Crippen molar-refractivity contribution in [1.29, 1.82) is 0 Å². The molecule has 0 aliphatic carbocycles. The van der Waals surface area contributed by atoms with Crippen LogP contribution in [0.4, 0.5) is 8.78 Å². The summed E-state index contributed by atoms with van der Waals surface area (Å²) in [6.07, 6.45) is 0. The molecule has 0 saturated heterocycles. The molecule has 0 saturated carbocycles. The van der Waals surface area contributed by atoms with Crippen molar-refractivity contribution < 1.29 is 13.2 Å².